The molecule has 14 heavy (non-hydrogen) atoms. The highest BCUT2D eigenvalue weighted by atomic mass is 16.1. The molecule has 0 bridgehead atoms. The van der Waals surface area contributed by atoms with Crippen LogP contribution in [0.25, 0.3) is 0 Å². The Balaban J connectivity index is 2.18. The van der Waals surface area contributed by atoms with Gasteiger partial charge in [0, 0.05) is 25.2 Å². The van der Waals surface area contributed by atoms with Gasteiger partial charge in [-0.25, -0.2) is 0 Å². The van der Waals surface area contributed by atoms with Crippen molar-refractivity contribution in [3.05, 3.63) is 28.6 Å². The highest BCUT2D eigenvalue weighted by Gasteiger charge is 2.16. The number of piperidine rings is 1. The van der Waals surface area contributed by atoms with Crippen molar-refractivity contribution in [2.75, 3.05) is 18.0 Å². The second-order valence-electron chi connectivity index (χ2n) is 3.75. The van der Waals surface area contributed by atoms with E-state index < -0.39 is 0 Å². The van der Waals surface area contributed by atoms with E-state index in [4.69, 9.17) is 5.73 Å². The van der Waals surface area contributed by atoms with Crippen molar-refractivity contribution >= 4 is 5.82 Å². The monoisotopic (exact) mass is 193 g/mol. The molecule has 0 saturated carbocycles. The molecule has 4 heteroatoms. The maximum atomic E-state index is 11.1. The maximum absolute atomic E-state index is 11.1. The first-order valence-electron chi connectivity index (χ1n) is 4.95. The Bertz CT molecular complexity index is 360. The Kier molecular flexibility index (Phi) is 2.54. The molecular formula is C10H15N3O. The van der Waals surface area contributed by atoms with Gasteiger partial charge >= 0.3 is 0 Å². The number of H-pyrrole nitrogens is 1. The molecule has 1 aliphatic rings. The fourth-order valence-corrected chi connectivity index (χ4v) is 1.85. The minimum atomic E-state index is -0.0540. The molecule has 2 rings (SSSR count). The second kappa shape index (κ2) is 3.84. The summed E-state index contributed by atoms with van der Waals surface area (Å²) < 4.78 is 0. The minimum absolute atomic E-state index is 0.0540. The first-order chi connectivity index (χ1) is 6.75. The number of nitrogens with two attached hydrogens (primary N) is 1. The summed E-state index contributed by atoms with van der Waals surface area (Å²) in [6.07, 6.45) is 2.17. The molecular weight excluding hydrogens is 178 g/mol. The fourth-order valence-electron chi connectivity index (χ4n) is 1.85. The average Bonchev–Trinajstić information content (AvgIpc) is 2.18. The third kappa shape index (κ3) is 1.96. The van der Waals surface area contributed by atoms with Crippen LogP contribution >= 0.6 is 0 Å². The standard InChI is InChI=1S/C10H15N3O/c11-8-3-2-6-13(7-8)9-4-1-5-10(14)12-9/h1,4-5,8H,2-3,6-7,11H2,(H,12,14). The Morgan fingerprint density at radius 3 is 3.07 bits per heavy atom. The van der Waals surface area contributed by atoms with E-state index in [1.807, 2.05) is 6.07 Å². The van der Waals surface area contributed by atoms with Crippen molar-refractivity contribution in [2.45, 2.75) is 18.9 Å². The van der Waals surface area contributed by atoms with Crippen LogP contribution < -0.4 is 16.2 Å². The molecule has 1 saturated heterocycles. The van der Waals surface area contributed by atoms with Gasteiger partial charge in [-0.1, -0.05) is 6.07 Å². The lowest BCUT2D eigenvalue weighted by Gasteiger charge is -2.31. The van der Waals surface area contributed by atoms with Crippen LogP contribution in [0.5, 0.6) is 0 Å². The van der Waals surface area contributed by atoms with Crippen LogP contribution in [0.4, 0.5) is 5.82 Å². The Morgan fingerprint density at radius 1 is 1.50 bits per heavy atom. The van der Waals surface area contributed by atoms with Crippen LogP contribution in [0, 0.1) is 0 Å². The number of aromatic amines is 1. The van der Waals surface area contributed by atoms with E-state index in [9.17, 15) is 4.79 Å². The first-order valence-corrected chi connectivity index (χ1v) is 4.95. The van der Waals surface area contributed by atoms with Crippen molar-refractivity contribution < 1.29 is 0 Å². The van der Waals surface area contributed by atoms with Crippen LogP contribution in [-0.2, 0) is 0 Å². The van der Waals surface area contributed by atoms with E-state index in [0.717, 1.165) is 31.7 Å². The summed E-state index contributed by atoms with van der Waals surface area (Å²) in [4.78, 5) is 16.0. The molecule has 0 amide bonds. The number of anilines is 1. The number of rotatable bonds is 1. The zero-order valence-electron chi connectivity index (χ0n) is 8.07. The molecule has 76 valence electrons. The van der Waals surface area contributed by atoms with Gasteiger partial charge in [0.2, 0.25) is 5.56 Å². The summed E-state index contributed by atoms with van der Waals surface area (Å²) >= 11 is 0. The van der Waals surface area contributed by atoms with Gasteiger partial charge in [0.1, 0.15) is 5.82 Å². The van der Waals surface area contributed by atoms with Crippen LogP contribution in [0.3, 0.4) is 0 Å². The Morgan fingerprint density at radius 2 is 2.36 bits per heavy atom. The van der Waals surface area contributed by atoms with Crippen molar-refractivity contribution in [1.82, 2.24) is 4.98 Å². The predicted octanol–water partition coefficient (Wildman–Crippen LogP) is 0.302. The molecule has 0 radical (unpaired) electrons. The summed E-state index contributed by atoms with van der Waals surface area (Å²) in [5, 5.41) is 0. The quantitative estimate of drug-likeness (QED) is 0.674. The minimum Gasteiger partial charge on any atom is -0.357 e. The summed E-state index contributed by atoms with van der Waals surface area (Å²) in [5.74, 6) is 0.882. The van der Waals surface area contributed by atoms with Crippen LogP contribution in [0.15, 0.2) is 23.0 Å². The summed E-state index contributed by atoms with van der Waals surface area (Å²) in [6, 6.07) is 5.44. The molecule has 0 spiro atoms. The van der Waals surface area contributed by atoms with Crippen molar-refractivity contribution in [1.29, 1.82) is 0 Å². The van der Waals surface area contributed by atoms with Gasteiger partial charge in [0.25, 0.3) is 0 Å². The van der Waals surface area contributed by atoms with E-state index in [-0.39, 0.29) is 11.6 Å². The van der Waals surface area contributed by atoms with E-state index >= 15 is 0 Å². The molecule has 1 aromatic rings. The maximum Gasteiger partial charge on any atom is 0.249 e. The number of nitrogens with zero attached hydrogens (tertiary/aromatic N) is 1. The second-order valence-corrected chi connectivity index (χ2v) is 3.75. The Hall–Kier alpha value is -1.29. The number of pyridine rings is 1. The van der Waals surface area contributed by atoms with Crippen molar-refractivity contribution in [3.63, 3.8) is 0 Å². The van der Waals surface area contributed by atoms with Crippen molar-refractivity contribution in [3.8, 4) is 0 Å². The topological polar surface area (TPSA) is 62.1 Å². The molecule has 1 unspecified atom stereocenters. The van der Waals surface area contributed by atoms with E-state index in [0.29, 0.717) is 0 Å². The normalized spacial score (nSPS) is 22.4. The van der Waals surface area contributed by atoms with Gasteiger partial charge < -0.3 is 15.6 Å². The predicted molar refractivity (Wildman–Crippen MR) is 56.5 cm³/mol. The summed E-state index contributed by atoms with van der Waals surface area (Å²) in [6.45, 7) is 1.81. The number of hydrogen-bond donors (Lipinski definition) is 2. The number of nitrogens with one attached hydrogen (secondary N) is 1. The largest absolute Gasteiger partial charge is 0.357 e. The SMILES string of the molecule is NC1CCCN(c2cccc(=O)[nH]2)C1. The van der Waals surface area contributed by atoms with Crippen LogP contribution in [0.1, 0.15) is 12.8 Å². The van der Waals surface area contributed by atoms with Gasteiger partial charge in [-0.05, 0) is 18.9 Å². The van der Waals surface area contributed by atoms with E-state index in [2.05, 4.69) is 9.88 Å². The molecule has 0 aliphatic carbocycles. The highest BCUT2D eigenvalue weighted by Crippen LogP contribution is 2.14. The van der Waals surface area contributed by atoms with Crippen LogP contribution in [-0.4, -0.2) is 24.1 Å². The average molecular weight is 193 g/mol. The van der Waals surface area contributed by atoms with Gasteiger partial charge in [-0.15, -0.1) is 0 Å². The lowest BCUT2D eigenvalue weighted by molar-refractivity contribution is 0.503. The molecule has 2 heterocycles. The summed E-state index contributed by atoms with van der Waals surface area (Å²) in [7, 11) is 0. The zero-order valence-corrected chi connectivity index (χ0v) is 8.07. The van der Waals surface area contributed by atoms with Gasteiger partial charge in [0.15, 0.2) is 0 Å². The van der Waals surface area contributed by atoms with Gasteiger partial charge in [-0.3, -0.25) is 4.79 Å². The number of aromatic nitrogens is 1. The highest BCUT2D eigenvalue weighted by molar-refractivity contribution is 5.38. The molecule has 1 aromatic heterocycles. The van der Waals surface area contributed by atoms with E-state index in [1.54, 1.807) is 6.07 Å². The molecule has 3 N–H and O–H groups in total. The third-order valence-corrected chi connectivity index (χ3v) is 2.55. The molecule has 0 aromatic carbocycles. The molecule has 1 aliphatic heterocycles. The Labute approximate surface area is 82.7 Å². The first kappa shape index (κ1) is 9.27. The van der Waals surface area contributed by atoms with Crippen molar-refractivity contribution in [2.24, 2.45) is 5.73 Å². The third-order valence-electron chi connectivity index (χ3n) is 2.55. The lowest BCUT2D eigenvalue weighted by atomic mass is 10.1. The molecule has 1 fully saturated rings. The lowest BCUT2D eigenvalue weighted by Crippen LogP contribution is -2.43. The number of hydrogen-bond acceptors (Lipinski definition) is 3. The van der Waals surface area contributed by atoms with E-state index in [1.165, 1.54) is 6.07 Å². The smallest absolute Gasteiger partial charge is 0.249 e. The van der Waals surface area contributed by atoms with Gasteiger partial charge in [-0.2, -0.15) is 0 Å². The molecule has 1 atom stereocenters. The molecule has 4 nitrogen and oxygen atoms in total. The van der Waals surface area contributed by atoms with Crippen LogP contribution in [0.2, 0.25) is 0 Å². The zero-order chi connectivity index (χ0) is 9.97. The van der Waals surface area contributed by atoms with Gasteiger partial charge in [0.05, 0.1) is 0 Å². The summed E-state index contributed by atoms with van der Waals surface area (Å²) in [5.41, 5.74) is 5.81. The fraction of sp³-hybridized carbons (Fsp3) is 0.500.